The summed E-state index contributed by atoms with van der Waals surface area (Å²) in [5, 5.41) is 3.50. The summed E-state index contributed by atoms with van der Waals surface area (Å²) in [6.07, 6.45) is -3.07. The van der Waals surface area contributed by atoms with Crippen molar-refractivity contribution in [1.82, 2.24) is 9.78 Å². The van der Waals surface area contributed by atoms with Crippen LogP contribution in [0, 0.1) is 5.82 Å². The molecule has 0 aliphatic rings. The van der Waals surface area contributed by atoms with Crippen molar-refractivity contribution in [3.63, 3.8) is 0 Å². The minimum Gasteiger partial charge on any atom is -0.395 e. The fourth-order valence-electron chi connectivity index (χ4n) is 1.33. The molecule has 2 rings (SSSR count). The average Bonchev–Trinajstić information content (AvgIpc) is 2.70. The summed E-state index contributed by atoms with van der Waals surface area (Å²) in [5.74, 6) is -0.702. The molecule has 17 heavy (non-hydrogen) atoms. The van der Waals surface area contributed by atoms with E-state index in [0.717, 1.165) is 16.9 Å². The van der Waals surface area contributed by atoms with Gasteiger partial charge < -0.3 is 5.73 Å². The summed E-state index contributed by atoms with van der Waals surface area (Å²) in [6.45, 7) is 0. The zero-order valence-corrected chi connectivity index (χ0v) is 8.37. The van der Waals surface area contributed by atoms with Crippen LogP contribution in [0.1, 0.15) is 5.56 Å². The van der Waals surface area contributed by atoms with Crippen LogP contribution in [0.25, 0.3) is 5.69 Å². The maximum Gasteiger partial charge on any atom is 0.419 e. The molecule has 2 N–H and O–H groups in total. The van der Waals surface area contributed by atoms with Crippen molar-refractivity contribution in [3.05, 3.63) is 42.0 Å². The molecule has 2 aromatic rings. The maximum absolute atomic E-state index is 13.1. The van der Waals surface area contributed by atoms with Gasteiger partial charge in [-0.3, -0.25) is 0 Å². The number of aromatic nitrogens is 2. The number of nitrogens with two attached hydrogens (primary N) is 1. The van der Waals surface area contributed by atoms with Crippen LogP contribution in [0.4, 0.5) is 23.2 Å². The van der Waals surface area contributed by atoms with Crippen LogP contribution in [0.15, 0.2) is 30.6 Å². The van der Waals surface area contributed by atoms with E-state index in [1.54, 1.807) is 0 Å². The van der Waals surface area contributed by atoms with E-state index in [1.807, 2.05) is 0 Å². The molecule has 0 bridgehead atoms. The zero-order chi connectivity index (χ0) is 12.6. The molecule has 3 nitrogen and oxygen atoms in total. The van der Waals surface area contributed by atoms with Gasteiger partial charge in [0.25, 0.3) is 0 Å². The minimum atomic E-state index is -4.49. The lowest BCUT2D eigenvalue weighted by Crippen LogP contribution is -2.04. The van der Waals surface area contributed by atoms with Crippen molar-refractivity contribution < 1.29 is 17.6 Å². The molecule has 0 amide bonds. The first-order valence-electron chi connectivity index (χ1n) is 4.56. The Balaban J connectivity index is 2.48. The number of alkyl halides is 3. The van der Waals surface area contributed by atoms with Gasteiger partial charge in [0.05, 0.1) is 23.1 Å². The van der Waals surface area contributed by atoms with E-state index in [-0.39, 0.29) is 11.4 Å². The number of hydrogen-bond acceptors (Lipinski definition) is 2. The second kappa shape index (κ2) is 3.76. The zero-order valence-electron chi connectivity index (χ0n) is 8.37. The van der Waals surface area contributed by atoms with Crippen molar-refractivity contribution in [2.45, 2.75) is 6.18 Å². The smallest absolute Gasteiger partial charge is 0.395 e. The van der Waals surface area contributed by atoms with Gasteiger partial charge in [0.1, 0.15) is 5.82 Å². The molecule has 0 atom stereocenters. The van der Waals surface area contributed by atoms with E-state index < -0.39 is 17.6 Å². The number of hydrogen-bond donors (Lipinski definition) is 1. The topological polar surface area (TPSA) is 43.8 Å². The van der Waals surface area contributed by atoms with Gasteiger partial charge in [-0.1, -0.05) is 6.07 Å². The van der Waals surface area contributed by atoms with Gasteiger partial charge in [-0.25, -0.2) is 9.07 Å². The number of rotatable bonds is 1. The highest BCUT2D eigenvalue weighted by atomic mass is 19.4. The lowest BCUT2D eigenvalue weighted by Gasteiger charge is -2.06. The maximum atomic E-state index is 13.1. The Labute approximate surface area is 93.5 Å². The number of halogens is 4. The summed E-state index contributed by atoms with van der Waals surface area (Å²) >= 11 is 0. The molecule has 1 heterocycles. The molecule has 0 saturated carbocycles. The molecule has 0 fully saturated rings. The third-order valence-corrected chi connectivity index (χ3v) is 2.19. The second-order valence-electron chi connectivity index (χ2n) is 3.34. The van der Waals surface area contributed by atoms with Gasteiger partial charge in [-0.05, 0) is 12.1 Å². The second-order valence-corrected chi connectivity index (χ2v) is 3.34. The normalized spacial score (nSPS) is 11.8. The quantitative estimate of drug-likeness (QED) is 0.620. The Kier molecular flexibility index (Phi) is 2.53. The van der Waals surface area contributed by atoms with E-state index >= 15 is 0 Å². The summed E-state index contributed by atoms with van der Waals surface area (Å²) < 4.78 is 51.0. The van der Waals surface area contributed by atoms with Gasteiger partial charge in [0.2, 0.25) is 0 Å². The summed E-state index contributed by atoms with van der Waals surface area (Å²) in [7, 11) is 0. The Hall–Kier alpha value is -2.05. The van der Waals surface area contributed by atoms with Gasteiger partial charge in [-0.15, -0.1) is 0 Å². The molecule has 7 heteroatoms. The molecular weight excluding hydrogens is 238 g/mol. The third kappa shape index (κ3) is 2.08. The first kappa shape index (κ1) is 11.4. The molecule has 0 aliphatic carbocycles. The molecule has 1 aromatic heterocycles. The Morgan fingerprint density at radius 3 is 2.53 bits per heavy atom. The largest absolute Gasteiger partial charge is 0.419 e. The summed E-state index contributed by atoms with van der Waals surface area (Å²) in [6, 6.07) is 3.84. The van der Waals surface area contributed by atoms with Crippen molar-refractivity contribution in [3.8, 4) is 5.69 Å². The first-order valence-corrected chi connectivity index (χ1v) is 4.56. The van der Waals surface area contributed by atoms with E-state index in [9.17, 15) is 17.6 Å². The van der Waals surface area contributed by atoms with E-state index in [2.05, 4.69) is 5.10 Å². The molecule has 0 unspecified atom stereocenters. The number of para-hydroxylation sites is 1. The highest BCUT2D eigenvalue weighted by molar-refractivity contribution is 5.58. The van der Waals surface area contributed by atoms with E-state index in [4.69, 9.17) is 5.73 Å². The number of anilines is 1. The van der Waals surface area contributed by atoms with E-state index in [1.165, 1.54) is 12.1 Å². The number of nitrogen functional groups attached to an aromatic ring is 1. The van der Waals surface area contributed by atoms with Crippen LogP contribution >= 0.6 is 0 Å². The molecule has 0 radical (unpaired) electrons. The van der Waals surface area contributed by atoms with Crippen LogP contribution in [-0.2, 0) is 6.18 Å². The SMILES string of the molecule is Nc1c(F)cccc1-n1cc(C(F)(F)F)cn1. The van der Waals surface area contributed by atoms with Crippen molar-refractivity contribution in [2.24, 2.45) is 0 Å². The minimum absolute atomic E-state index is 0.0699. The number of benzene rings is 1. The highest BCUT2D eigenvalue weighted by Gasteiger charge is 2.32. The lowest BCUT2D eigenvalue weighted by atomic mass is 10.2. The Bertz CT molecular complexity index is 545. The van der Waals surface area contributed by atoms with Crippen molar-refractivity contribution in [1.29, 1.82) is 0 Å². The fraction of sp³-hybridized carbons (Fsp3) is 0.100. The van der Waals surface area contributed by atoms with Crippen LogP contribution in [-0.4, -0.2) is 9.78 Å². The van der Waals surface area contributed by atoms with Crippen LogP contribution < -0.4 is 5.73 Å². The molecule has 0 spiro atoms. The molecular formula is C10H7F4N3. The fourth-order valence-corrected chi connectivity index (χ4v) is 1.33. The van der Waals surface area contributed by atoms with E-state index in [0.29, 0.717) is 6.20 Å². The molecule has 0 saturated heterocycles. The van der Waals surface area contributed by atoms with Crippen LogP contribution in [0.2, 0.25) is 0 Å². The highest BCUT2D eigenvalue weighted by Crippen LogP contribution is 2.30. The predicted octanol–water partition coefficient (Wildman–Crippen LogP) is 2.61. The third-order valence-electron chi connectivity index (χ3n) is 2.19. The molecule has 0 aliphatic heterocycles. The average molecular weight is 245 g/mol. The van der Waals surface area contributed by atoms with Crippen molar-refractivity contribution >= 4 is 5.69 Å². The van der Waals surface area contributed by atoms with Gasteiger partial charge in [0.15, 0.2) is 0 Å². The van der Waals surface area contributed by atoms with Gasteiger partial charge in [-0.2, -0.15) is 18.3 Å². The van der Waals surface area contributed by atoms with Crippen molar-refractivity contribution in [2.75, 3.05) is 5.73 Å². The van der Waals surface area contributed by atoms with Crippen LogP contribution in [0.3, 0.4) is 0 Å². The predicted molar refractivity (Wildman–Crippen MR) is 52.9 cm³/mol. The Morgan fingerprint density at radius 1 is 1.24 bits per heavy atom. The molecule has 1 aromatic carbocycles. The summed E-state index contributed by atoms with van der Waals surface area (Å²) in [5.41, 5.74) is 4.32. The standard InChI is InChI=1S/C10H7F4N3/c11-7-2-1-3-8(9(7)15)17-5-6(4-16-17)10(12,13)14/h1-5H,15H2. The molecule has 90 valence electrons. The Morgan fingerprint density at radius 2 is 1.94 bits per heavy atom. The summed E-state index contributed by atoms with van der Waals surface area (Å²) in [4.78, 5) is 0. The first-order chi connectivity index (χ1) is 7.89. The van der Waals surface area contributed by atoms with Gasteiger partial charge in [0, 0.05) is 6.20 Å². The lowest BCUT2D eigenvalue weighted by molar-refractivity contribution is -0.137. The van der Waals surface area contributed by atoms with Crippen LogP contribution in [0.5, 0.6) is 0 Å². The monoisotopic (exact) mass is 245 g/mol. The number of nitrogens with zero attached hydrogens (tertiary/aromatic N) is 2. The van der Waals surface area contributed by atoms with Gasteiger partial charge >= 0.3 is 6.18 Å².